The molecule has 0 saturated heterocycles. The predicted molar refractivity (Wildman–Crippen MR) is 117 cm³/mol. The van der Waals surface area contributed by atoms with E-state index in [1.807, 2.05) is 44.2 Å². The lowest BCUT2D eigenvalue weighted by molar-refractivity contribution is -0.120. The summed E-state index contributed by atoms with van der Waals surface area (Å²) in [6.45, 7) is 4.06. The molecule has 1 aromatic carbocycles. The van der Waals surface area contributed by atoms with Gasteiger partial charge in [-0.15, -0.1) is 0 Å². The molecule has 0 atom stereocenters. The summed E-state index contributed by atoms with van der Waals surface area (Å²) in [5, 5.41) is 3.03. The molecule has 0 unspecified atom stereocenters. The van der Waals surface area contributed by atoms with E-state index < -0.39 is 0 Å². The fourth-order valence-electron chi connectivity index (χ4n) is 3.98. The van der Waals surface area contributed by atoms with Crippen molar-refractivity contribution in [1.82, 2.24) is 9.38 Å². The monoisotopic (exact) mass is 405 g/mol. The van der Waals surface area contributed by atoms with Gasteiger partial charge in [0.2, 0.25) is 5.91 Å². The van der Waals surface area contributed by atoms with Crippen molar-refractivity contribution in [3.63, 3.8) is 0 Å². The Morgan fingerprint density at radius 2 is 1.93 bits per heavy atom. The number of nitrogens with zero attached hydrogens (tertiary/aromatic N) is 2. The van der Waals surface area contributed by atoms with E-state index in [9.17, 15) is 9.59 Å². The van der Waals surface area contributed by atoms with Crippen molar-refractivity contribution in [2.75, 3.05) is 5.32 Å². The Balaban J connectivity index is 1.49. The van der Waals surface area contributed by atoms with Crippen molar-refractivity contribution >= 4 is 17.2 Å². The van der Waals surface area contributed by atoms with Crippen LogP contribution in [0.25, 0.3) is 5.65 Å². The van der Waals surface area contributed by atoms with Crippen LogP contribution in [0.4, 0.5) is 5.69 Å². The molecule has 0 aliphatic heterocycles. The van der Waals surface area contributed by atoms with Gasteiger partial charge in [0, 0.05) is 29.9 Å². The minimum atomic E-state index is -0.132. The number of amides is 1. The summed E-state index contributed by atoms with van der Waals surface area (Å²) in [6, 6.07) is 10.9. The molecule has 1 N–H and O–H groups in total. The second kappa shape index (κ2) is 8.69. The topological polar surface area (TPSA) is 72.7 Å². The van der Waals surface area contributed by atoms with E-state index in [0.717, 1.165) is 42.5 Å². The average molecular weight is 405 g/mol. The molecule has 1 aliphatic rings. The van der Waals surface area contributed by atoms with E-state index >= 15 is 0 Å². The number of nitrogens with one attached hydrogen (secondary N) is 1. The van der Waals surface area contributed by atoms with Gasteiger partial charge in [0.25, 0.3) is 5.56 Å². The molecule has 0 spiro atoms. The van der Waals surface area contributed by atoms with Gasteiger partial charge in [-0.2, -0.15) is 0 Å². The van der Waals surface area contributed by atoms with Crippen molar-refractivity contribution in [2.24, 2.45) is 5.92 Å². The molecule has 4 rings (SSSR count). The van der Waals surface area contributed by atoms with E-state index in [4.69, 9.17) is 4.74 Å². The van der Waals surface area contributed by atoms with Crippen molar-refractivity contribution in [3.05, 3.63) is 69.8 Å². The van der Waals surface area contributed by atoms with Gasteiger partial charge in [-0.25, -0.2) is 4.98 Å². The van der Waals surface area contributed by atoms with Crippen LogP contribution in [-0.2, 0) is 11.4 Å². The number of rotatable bonds is 5. The van der Waals surface area contributed by atoms with Crippen molar-refractivity contribution in [1.29, 1.82) is 0 Å². The fraction of sp³-hybridized carbons (Fsp3) is 0.375. The molecule has 2 aromatic heterocycles. The Kier molecular flexibility index (Phi) is 5.84. The van der Waals surface area contributed by atoms with Gasteiger partial charge in [0.15, 0.2) is 0 Å². The fourth-order valence-corrected chi connectivity index (χ4v) is 3.98. The number of aromatic nitrogens is 2. The third-order valence-electron chi connectivity index (χ3n) is 5.75. The molecule has 2 heterocycles. The molecule has 3 aromatic rings. The Morgan fingerprint density at radius 3 is 2.73 bits per heavy atom. The van der Waals surface area contributed by atoms with Crippen molar-refractivity contribution in [3.8, 4) is 5.75 Å². The maximum atomic E-state index is 12.5. The number of ether oxygens (including phenoxy) is 1. The first-order chi connectivity index (χ1) is 14.5. The molecule has 30 heavy (non-hydrogen) atoms. The number of benzene rings is 1. The average Bonchev–Trinajstić information content (AvgIpc) is 2.75. The molecule has 1 aliphatic carbocycles. The zero-order valence-electron chi connectivity index (χ0n) is 17.5. The zero-order valence-corrected chi connectivity index (χ0v) is 17.5. The Bertz CT molecular complexity index is 1130. The van der Waals surface area contributed by atoms with Crippen LogP contribution in [0.3, 0.4) is 0 Å². The molecular formula is C24H27N3O3. The van der Waals surface area contributed by atoms with Crippen LogP contribution < -0.4 is 15.6 Å². The zero-order chi connectivity index (χ0) is 21.1. The van der Waals surface area contributed by atoms with Crippen LogP contribution >= 0.6 is 0 Å². The number of pyridine rings is 1. The molecule has 1 saturated carbocycles. The molecule has 1 fully saturated rings. The summed E-state index contributed by atoms with van der Waals surface area (Å²) in [6.07, 6.45) is 7.10. The Labute approximate surface area is 175 Å². The highest BCUT2D eigenvalue weighted by atomic mass is 16.5. The van der Waals surface area contributed by atoms with Gasteiger partial charge in [-0.1, -0.05) is 31.4 Å². The van der Waals surface area contributed by atoms with E-state index in [0.29, 0.717) is 17.1 Å². The third-order valence-corrected chi connectivity index (χ3v) is 5.75. The minimum absolute atomic E-state index is 0.0872. The van der Waals surface area contributed by atoms with Gasteiger partial charge < -0.3 is 10.1 Å². The first kappa shape index (κ1) is 20.1. The molecule has 6 nitrogen and oxygen atoms in total. The highest BCUT2D eigenvalue weighted by Gasteiger charge is 2.21. The van der Waals surface area contributed by atoms with Gasteiger partial charge >= 0.3 is 0 Å². The lowest BCUT2D eigenvalue weighted by Crippen LogP contribution is -2.24. The van der Waals surface area contributed by atoms with Gasteiger partial charge in [0.1, 0.15) is 18.0 Å². The lowest BCUT2D eigenvalue weighted by atomic mass is 9.88. The van der Waals surface area contributed by atoms with E-state index in [2.05, 4.69) is 10.3 Å². The second-order valence-electron chi connectivity index (χ2n) is 8.06. The molecule has 1 amide bonds. The van der Waals surface area contributed by atoms with Crippen LogP contribution in [0.1, 0.15) is 48.9 Å². The Hall–Kier alpha value is -3.15. The standard InChI is InChI=1S/C24H27N3O3/c1-16-10-11-19(26-24(29)18-8-4-3-5-9-18)13-21(16)30-15-20-14-22(28)27-12-6-7-17(2)23(27)25-20/h6-7,10-14,18H,3-5,8-9,15H2,1-2H3,(H,26,29). The Morgan fingerprint density at radius 1 is 1.13 bits per heavy atom. The molecule has 156 valence electrons. The van der Waals surface area contributed by atoms with Crippen LogP contribution in [0.2, 0.25) is 0 Å². The summed E-state index contributed by atoms with van der Waals surface area (Å²) < 4.78 is 7.51. The highest BCUT2D eigenvalue weighted by molar-refractivity contribution is 5.92. The number of aryl methyl sites for hydroxylation is 2. The van der Waals surface area contributed by atoms with Crippen LogP contribution in [0, 0.1) is 19.8 Å². The van der Waals surface area contributed by atoms with Crippen LogP contribution in [0.5, 0.6) is 5.75 Å². The summed E-state index contributed by atoms with van der Waals surface area (Å²) in [5.74, 6) is 0.856. The van der Waals surface area contributed by atoms with Gasteiger partial charge in [-0.3, -0.25) is 14.0 Å². The SMILES string of the molecule is Cc1ccc(NC(=O)C2CCCCC2)cc1OCc1cc(=O)n2cccc(C)c2n1. The van der Waals surface area contributed by atoms with Crippen LogP contribution in [-0.4, -0.2) is 15.3 Å². The number of fused-ring (bicyclic) bond motifs is 1. The molecular weight excluding hydrogens is 378 g/mol. The maximum Gasteiger partial charge on any atom is 0.258 e. The summed E-state index contributed by atoms with van der Waals surface area (Å²) in [4.78, 5) is 29.5. The minimum Gasteiger partial charge on any atom is -0.487 e. The van der Waals surface area contributed by atoms with Crippen molar-refractivity contribution in [2.45, 2.75) is 52.6 Å². The summed E-state index contributed by atoms with van der Waals surface area (Å²) in [5.41, 5.74) is 3.69. The first-order valence-electron chi connectivity index (χ1n) is 10.5. The van der Waals surface area contributed by atoms with Gasteiger partial charge in [-0.05, 0) is 49.9 Å². The highest BCUT2D eigenvalue weighted by Crippen LogP contribution is 2.27. The quantitative estimate of drug-likeness (QED) is 0.682. The largest absolute Gasteiger partial charge is 0.487 e. The number of carbonyl (C=O) groups excluding carboxylic acids is 1. The molecule has 6 heteroatoms. The smallest absolute Gasteiger partial charge is 0.258 e. The summed E-state index contributed by atoms with van der Waals surface area (Å²) in [7, 11) is 0. The first-order valence-corrected chi connectivity index (χ1v) is 10.5. The number of hydrogen-bond acceptors (Lipinski definition) is 4. The number of carbonyl (C=O) groups is 1. The molecule has 0 bridgehead atoms. The normalized spacial score (nSPS) is 14.6. The summed E-state index contributed by atoms with van der Waals surface area (Å²) >= 11 is 0. The maximum absolute atomic E-state index is 12.5. The lowest BCUT2D eigenvalue weighted by Gasteiger charge is -2.21. The second-order valence-corrected chi connectivity index (χ2v) is 8.06. The van der Waals surface area contributed by atoms with E-state index in [1.54, 1.807) is 6.20 Å². The van der Waals surface area contributed by atoms with Crippen molar-refractivity contribution < 1.29 is 9.53 Å². The van der Waals surface area contributed by atoms with E-state index in [1.165, 1.54) is 16.9 Å². The number of anilines is 1. The van der Waals surface area contributed by atoms with Crippen LogP contribution in [0.15, 0.2) is 47.4 Å². The van der Waals surface area contributed by atoms with Gasteiger partial charge in [0.05, 0.1) is 5.69 Å². The predicted octanol–water partition coefficient (Wildman–Crippen LogP) is 4.41. The number of hydrogen-bond donors (Lipinski definition) is 1. The van der Waals surface area contributed by atoms with E-state index in [-0.39, 0.29) is 24.0 Å². The molecule has 0 radical (unpaired) electrons. The third kappa shape index (κ3) is 4.37.